The largest absolute Gasteiger partial charge is 0.402 e. The van der Waals surface area contributed by atoms with Gasteiger partial charge in [0.25, 0.3) is 10.2 Å². The molecule has 14 heteroatoms. The Morgan fingerprint density at radius 3 is 2.06 bits per heavy atom. The quantitative estimate of drug-likeness (QED) is 0.447. The van der Waals surface area contributed by atoms with Gasteiger partial charge in [0.05, 0.1) is 5.75 Å². The number of nitrogens with zero attached hydrogens (tertiary/aromatic N) is 4. The molecule has 0 aromatic heterocycles. The molecule has 1 fully saturated rings. The highest BCUT2D eigenvalue weighted by atomic mass is 32.2. The third-order valence-corrected chi connectivity index (χ3v) is 9.40. The van der Waals surface area contributed by atoms with Crippen LogP contribution >= 0.6 is 0 Å². The second-order valence-corrected chi connectivity index (χ2v) is 12.7. The smallest absolute Gasteiger partial charge is 0.369 e. The Morgan fingerprint density at radius 2 is 1.53 bits per heavy atom. The van der Waals surface area contributed by atoms with Gasteiger partial charge in [-0.05, 0) is 17.7 Å². The zero-order chi connectivity index (χ0) is 26.7. The molecule has 0 spiro atoms. The Balaban J connectivity index is 1.76. The maximum absolute atomic E-state index is 14.9. The van der Waals surface area contributed by atoms with E-state index in [0.29, 0.717) is 11.3 Å². The Hall–Kier alpha value is -2.26. The van der Waals surface area contributed by atoms with Crippen molar-refractivity contribution in [2.45, 2.75) is 18.5 Å². The van der Waals surface area contributed by atoms with E-state index < -0.39 is 51.1 Å². The summed E-state index contributed by atoms with van der Waals surface area (Å²) in [5.74, 6) is -1.50. The molecule has 0 bridgehead atoms. The summed E-state index contributed by atoms with van der Waals surface area (Å²) in [6, 6.07) is 11.7. The summed E-state index contributed by atoms with van der Waals surface area (Å²) in [5, 5.41) is 0. The van der Waals surface area contributed by atoms with Gasteiger partial charge in [-0.15, -0.1) is 0 Å². The third-order valence-electron chi connectivity index (χ3n) is 5.72. The molecule has 3 rings (SSSR count). The van der Waals surface area contributed by atoms with Crippen molar-refractivity contribution in [2.24, 2.45) is 0 Å². The Bertz CT molecular complexity index is 1250. The van der Waals surface area contributed by atoms with Crippen LogP contribution in [0.4, 0.5) is 23.2 Å². The molecule has 1 aliphatic rings. The normalized spacial score (nSPS) is 16.2. The second-order valence-electron chi connectivity index (χ2n) is 8.58. The lowest BCUT2D eigenvalue weighted by Crippen LogP contribution is -2.51. The highest BCUT2D eigenvalue weighted by Crippen LogP contribution is 2.26. The average Bonchev–Trinajstić information content (AvgIpc) is 2.79. The lowest BCUT2D eigenvalue weighted by atomic mass is 10.1. The number of benzene rings is 2. The molecule has 36 heavy (non-hydrogen) atoms. The summed E-state index contributed by atoms with van der Waals surface area (Å²) in [7, 11) is -5.13. The lowest BCUT2D eigenvalue weighted by Gasteiger charge is -2.36. The summed E-state index contributed by atoms with van der Waals surface area (Å²) < 4.78 is 107. The van der Waals surface area contributed by atoms with E-state index >= 15 is 0 Å². The SMILES string of the molecule is CN(C)S(=O)(=O)N1CCN(c2ccc(CN(CC(F)(F)F)S(=O)(=O)Cc3ccccc3)c(F)c2)CC1. The van der Waals surface area contributed by atoms with E-state index in [-0.39, 0.29) is 36.0 Å². The summed E-state index contributed by atoms with van der Waals surface area (Å²) in [5.41, 5.74) is 0.539. The van der Waals surface area contributed by atoms with E-state index in [1.807, 2.05) is 0 Å². The molecule has 2 aromatic carbocycles. The fourth-order valence-electron chi connectivity index (χ4n) is 3.79. The Morgan fingerprint density at radius 1 is 0.917 bits per heavy atom. The van der Waals surface area contributed by atoms with Gasteiger partial charge in [-0.25, -0.2) is 12.8 Å². The minimum absolute atomic E-state index is 0.182. The number of rotatable bonds is 9. The fourth-order valence-corrected chi connectivity index (χ4v) is 6.35. The highest BCUT2D eigenvalue weighted by Gasteiger charge is 2.37. The van der Waals surface area contributed by atoms with Crippen molar-refractivity contribution in [3.05, 3.63) is 65.5 Å². The van der Waals surface area contributed by atoms with Crippen LogP contribution in [0.15, 0.2) is 48.5 Å². The van der Waals surface area contributed by atoms with E-state index in [4.69, 9.17) is 0 Å². The number of alkyl halides is 3. The van der Waals surface area contributed by atoms with Crippen molar-refractivity contribution in [3.8, 4) is 0 Å². The van der Waals surface area contributed by atoms with Crippen molar-refractivity contribution < 1.29 is 34.4 Å². The molecular weight excluding hydrogens is 524 g/mol. The minimum atomic E-state index is -4.81. The maximum atomic E-state index is 14.9. The zero-order valence-electron chi connectivity index (χ0n) is 19.8. The first-order valence-corrected chi connectivity index (χ1v) is 14.0. The summed E-state index contributed by atoms with van der Waals surface area (Å²) in [6.45, 7) is -1.59. The molecule has 2 aromatic rings. The molecule has 8 nitrogen and oxygen atoms in total. The van der Waals surface area contributed by atoms with Crippen molar-refractivity contribution >= 4 is 25.9 Å². The first-order valence-electron chi connectivity index (χ1n) is 11.0. The van der Waals surface area contributed by atoms with E-state index in [0.717, 1.165) is 10.4 Å². The zero-order valence-corrected chi connectivity index (χ0v) is 21.5. The van der Waals surface area contributed by atoms with Gasteiger partial charge in [0.15, 0.2) is 0 Å². The van der Waals surface area contributed by atoms with Gasteiger partial charge in [-0.3, -0.25) is 0 Å². The van der Waals surface area contributed by atoms with Gasteiger partial charge < -0.3 is 4.90 Å². The number of anilines is 1. The van der Waals surface area contributed by atoms with E-state index in [1.54, 1.807) is 23.1 Å². The number of sulfonamides is 1. The standard InChI is InChI=1S/C22H28F4N4O4S2/c1-27(2)36(33,34)29-12-10-28(11-13-29)20-9-8-19(21(23)14-20)15-30(17-22(24,25)26)35(31,32)16-18-6-4-3-5-7-18/h3-9,14H,10-13,15-17H2,1-2H3. The molecule has 0 amide bonds. The van der Waals surface area contributed by atoms with E-state index in [2.05, 4.69) is 0 Å². The van der Waals surface area contributed by atoms with Crippen LogP contribution in [0, 0.1) is 5.82 Å². The second kappa shape index (κ2) is 11.0. The fraction of sp³-hybridized carbons (Fsp3) is 0.455. The van der Waals surface area contributed by atoms with Crippen LogP contribution in [0.3, 0.4) is 0 Å². The molecule has 0 saturated carbocycles. The average molecular weight is 553 g/mol. The van der Waals surface area contributed by atoms with E-state index in [9.17, 15) is 34.4 Å². The molecule has 0 atom stereocenters. The monoisotopic (exact) mass is 552 g/mol. The number of halogens is 4. The van der Waals surface area contributed by atoms with E-state index in [1.165, 1.54) is 42.7 Å². The minimum Gasteiger partial charge on any atom is -0.369 e. The molecule has 200 valence electrons. The summed E-state index contributed by atoms with van der Waals surface area (Å²) in [6.07, 6.45) is -4.81. The molecular formula is C22H28F4N4O4S2. The van der Waals surface area contributed by atoms with Crippen molar-refractivity contribution in [1.29, 1.82) is 0 Å². The highest BCUT2D eigenvalue weighted by molar-refractivity contribution is 7.88. The van der Waals surface area contributed by atoms with Crippen LogP contribution in [0.1, 0.15) is 11.1 Å². The van der Waals surface area contributed by atoms with Gasteiger partial charge in [-0.2, -0.15) is 34.5 Å². The molecule has 0 radical (unpaired) electrons. The molecule has 1 aliphatic heterocycles. The van der Waals surface area contributed by atoms with Gasteiger partial charge in [0.1, 0.15) is 12.4 Å². The van der Waals surface area contributed by atoms with Gasteiger partial charge in [-0.1, -0.05) is 36.4 Å². The van der Waals surface area contributed by atoms with Crippen LogP contribution in [0.2, 0.25) is 0 Å². The van der Waals surface area contributed by atoms with Crippen LogP contribution in [-0.2, 0) is 32.5 Å². The topological polar surface area (TPSA) is 81.2 Å². The van der Waals surface area contributed by atoms with Gasteiger partial charge >= 0.3 is 6.18 Å². The maximum Gasteiger partial charge on any atom is 0.402 e. The number of piperazine rings is 1. The first-order chi connectivity index (χ1) is 16.7. The van der Waals surface area contributed by atoms with Crippen molar-refractivity contribution in [1.82, 2.24) is 12.9 Å². The summed E-state index contributed by atoms with van der Waals surface area (Å²) in [4.78, 5) is 1.76. The lowest BCUT2D eigenvalue weighted by molar-refractivity contribution is -0.137. The molecule has 0 N–H and O–H groups in total. The number of hydrogen-bond donors (Lipinski definition) is 0. The van der Waals surface area contributed by atoms with Crippen LogP contribution in [0.5, 0.6) is 0 Å². The van der Waals surface area contributed by atoms with Crippen molar-refractivity contribution in [2.75, 3.05) is 51.7 Å². The molecule has 0 unspecified atom stereocenters. The van der Waals surface area contributed by atoms with Crippen LogP contribution in [-0.4, -0.2) is 82.7 Å². The van der Waals surface area contributed by atoms with Crippen LogP contribution in [0.25, 0.3) is 0 Å². The number of hydrogen-bond acceptors (Lipinski definition) is 5. The molecule has 1 saturated heterocycles. The third kappa shape index (κ3) is 7.16. The predicted molar refractivity (Wildman–Crippen MR) is 128 cm³/mol. The predicted octanol–water partition coefficient (Wildman–Crippen LogP) is 2.65. The molecule has 0 aliphatic carbocycles. The Labute approximate surface area is 208 Å². The van der Waals surface area contributed by atoms with Crippen molar-refractivity contribution in [3.63, 3.8) is 0 Å². The molecule has 1 heterocycles. The Kier molecular flexibility index (Phi) is 8.66. The summed E-state index contributed by atoms with van der Waals surface area (Å²) >= 11 is 0. The van der Waals surface area contributed by atoms with Gasteiger partial charge in [0.2, 0.25) is 10.0 Å². The first kappa shape index (κ1) is 28.3. The van der Waals surface area contributed by atoms with Gasteiger partial charge in [0, 0.05) is 58.1 Å². The van der Waals surface area contributed by atoms with Crippen LogP contribution < -0.4 is 4.90 Å².